The molecule has 0 bridgehead atoms. The first kappa shape index (κ1) is 19.6. The molecule has 1 atom stereocenters. The minimum atomic E-state index is 0.00600. The fourth-order valence-corrected chi connectivity index (χ4v) is 3.38. The van der Waals surface area contributed by atoms with Gasteiger partial charge in [-0.15, -0.1) is 0 Å². The Bertz CT molecular complexity index is 513. The Morgan fingerprint density at radius 1 is 1.21 bits per heavy atom. The molecule has 0 unspecified atom stereocenters. The average Bonchev–Trinajstić information content (AvgIpc) is 2.51. The minimum absolute atomic E-state index is 0.00600. The lowest BCUT2D eigenvalue weighted by Gasteiger charge is -2.30. The van der Waals surface area contributed by atoms with Gasteiger partial charge < -0.3 is 14.4 Å². The number of halogens is 1. The van der Waals surface area contributed by atoms with Crippen LogP contribution in [0.25, 0.3) is 0 Å². The smallest absolute Gasteiger partial charge is 0.123 e. The molecule has 1 aliphatic rings. The maximum Gasteiger partial charge on any atom is 0.123 e. The Kier molecular flexibility index (Phi) is 7.39. The van der Waals surface area contributed by atoms with Gasteiger partial charge in [0.15, 0.2) is 0 Å². The average molecular weight is 354 g/mol. The molecule has 3 nitrogen and oxygen atoms in total. The van der Waals surface area contributed by atoms with Gasteiger partial charge in [0.25, 0.3) is 0 Å². The second-order valence-corrected chi connectivity index (χ2v) is 8.34. The lowest BCUT2D eigenvalue weighted by molar-refractivity contribution is 0.0685. The Morgan fingerprint density at radius 3 is 2.71 bits per heavy atom. The molecular formula is C20H32ClNO2. The van der Waals surface area contributed by atoms with Crippen LogP contribution in [0.1, 0.15) is 46.1 Å². The predicted octanol–water partition coefficient (Wildman–Crippen LogP) is 4.76. The summed E-state index contributed by atoms with van der Waals surface area (Å²) in [5.41, 5.74) is 1.14. The van der Waals surface area contributed by atoms with Gasteiger partial charge in [0, 0.05) is 23.7 Å². The van der Waals surface area contributed by atoms with Crippen molar-refractivity contribution in [2.75, 3.05) is 39.5 Å². The number of benzene rings is 1. The third-order valence-corrected chi connectivity index (χ3v) is 4.76. The molecule has 1 saturated heterocycles. The van der Waals surface area contributed by atoms with Crippen LogP contribution in [-0.4, -0.2) is 44.4 Å². The molecule has 1 aromatic rings. The molecule has 0 radical (unpaired) electrons. The normalized spacial score (nSPS) is 19.5. The van der Waals surface area contributed by atoms with Crippen molar-refractivity contribution >= 4 is 11.6 Å². The Hall–Kier alpha value is -0.770. The highest BCUT2D eigenvalue weighted by atomic mass is 35.5. The molecule has 0 N–H and O–H groups in total. The van der Waals surface area contributed by atoms with E-state index in [0.717, 1.165) is 35.4 Å². The van der Waals surface area contributed by atoms with Gasteiger partial charge >= 0.3 is 0 Å². The zero-order valence-electron chi connectivity index (χ0n) is 15.6. The molecule has 1 heterocycles. The van der Waals surface area contributed by atoms with Crippen molar-refractivity contribution < 1.29 is 9.47 Å². The molecule has 0 saturated carbocycles. The zero-order valence-corrected chi connectivity index (χ0v) is 16.4. The molecule has 0 aliphatic carbocycles. The first-order valence-electron chi connectivity index (χ1n) is 9.09. The van der Waals surface area contributed by atoms with Crippen LogP contribution in [0.4, 0.5) is 0 Å². The highest BCUT2D eigenvalue weighted by molar-refractivity contribution is 6.30. The maximum absolute atomic E-state index is 6.12. The number of piperidine rings is 1. The SMILES string of the molecule is C[C@H]1CCCN(CCOCCOc2ccc(Cl)cc2C(C)(C)C)C1. The van der Waals surface area contributed by atoms with Crippen molar-refractivity contribution in [2.45, 2.75) is 46.0 Å². The summed E-state index contributed by atoms with van der Waals surface area (Å²) in [6.07, 6.45) is 2.68. The van der Waals surface area contributed by atoms with Gasteiger partial charge in [0.1, 0.15) is 12.4 Å². The number of hydrogen-bond acceptors (Lipinski definition) is 3. The first-order valence-corrected chi connectivity index (χ1v) is 9.47. The number of hydrogen-bond donors (Lipinski definition) is 0. The van der Waals surface area contributed by atoms with Gasteiger partial charge in [-0.3, -0.25) is 0 Å². The summed E-state index contributed by atoms with van der Waals surface area (Å²) in [6, 6.07) is 5.83. The highest BCUT2D eigenvalue weighted by Crippen LogP contribution is 2.33. The van der Waals surface area contributed by atoms with Crippen LogP contribution in [0.5, 0.6) is 5.75 Å². The third-order valence-electron chi connectivity index (χ3n) is 4.53. The van der Waals surface area contributed by atoms with Crippen molar-refractivity contribution in [3.63, 3.8) is 0 Å². The molecular weight excluding hydrogens is 322 g/mol. The molecule has 0 amide bonds. The van der Waals surface area contributed by atoms with E-state index in [1.54, 1.807) is 0 Å². The van der Waals surface area contributed by atoms with Crippen molar-refractivity contribution in [3.8, 4) is 5.75 Å². The molecule has 2 rings (SSSR count). The molecule has 1 aliphatic heterocycles. The van der Waals surface area contributed by atoms with Crippen molar-refractivity contribution in [3.05, 3.63) is 28.8 Å². The van der Waals surface area contributed by atoms with Gasteiger partial charge in [0.05, 0.1) is 13.2 Å². The predicted molar refractivity (Wildman–Crippen MR) is 101 cm³/mol. The quantitative estimate of drug-likeness (QED) is 0.659. The van der Waals surface area contributed by atoms with Crippen molar-refractivity contribution in [1.82, 2.24) is 4.90 Å². The Morgan fingerprint density at radius 2 is 2.00 bits per heavy atom. The summed E-state index contributed by atoms with van der Waals surface area (Å²) in [6.45, 7) is 14.3. The van der Waals surface area contributed by atoms with E-state index in [9.17, 15) is 0 Å². The van der Waals surface area contributed by atoms with Crippen LogP contribution >= 0.6 is 11.6 Å². The fourth-order valence-electron chi connectivity index (χ4n) is 3.21. The van der Waals surface area contributed by atoms with Crippen LogP contribution in [-0.2, 0) is 10.2 Å². The van der Waals surface area contributed by atoms with Crippen LogP contribution in [0.15, 0.2) is 18.2 Å². The highest BCUT2D eigenvalue weighted by Gasteiger charge is 2.19. The summed E-state index contributed by atoms with van der Waals surface area (Å²) >= 11 is 6.12. The van der Waals surface area contributed by atoms with Crippen LogP contribution in [0.2, 0.25) is 5.02 Å². The van der Waals surface area contributed by atoms with Crippen molar-refractivity contribution in [1.29, 1.82) is 0 Å². The summed E-state index contributed by atoms with van der Waals surface area (Å²) in [5.74, 6) is 1.73. The topological polar surface area (TPSA) is 21.7 Å². The Labute approximate surface area is 152 Å². The number of nitrogens with zero attached hydrogens (tertiary/aromatic N) is 1. The summed E-state index contributed by atoms with van der Waals surface area (Å²) in [4.78, 5) is 2.51. The monoisotopic (exact) mass is 353 g/mol. The number of ether oxygens (including phenoxy) is 2. The van der Waals surface area contributed by atoms with Gasteiger partial charge in [0.2, 0.25) is 0 Å². The molecule has 0 spiro atoms. The minimum Gasteiger partial charge on any atom is -0.491 e. The third kappa shape index (κ3) is 6.27. The molecule has 136 valence electrons. The largest absolute Gasteiger partial charge is 0.491 e. The summed E-state index contributed by atoms with van der Waals surface area (Å²) in [7, 11) is 0. The molecule has 24 heavy (non-hydrogen) atoms. The van der Waals surface area contributed by atoms with E-state index < -0.39 is 0 Å². The van der Waals surface area contributed by atoms with Crippen molar-refractivity contribution in [2.24, 2.45) is 5.92 Å². The van der Waals surface area contributed by atoms with Crippen LogP contribution < -0.4 is 4.74 Å². The van der Waals surface area contributed by atoms with Gasteiger partial charge in [-0.25, -0.2) is 0 Å². The number of rotatable bonds is 7. The van der Waals surface area contributed by atoms with Crippen LogP contribution in [0.3, 0.4) is 0 Å². The van der Waals surface area contributed by atoms with Crippen LogP contribution in [0, 0.1) is 5.92 Å². The van der Waals surface area contributed by atoms with E-state index in [1.807, 2.05) is 18.2 Å². The number of likely N-dealkylation sites (tertiary alicyclic amines) is 1. The van der Waals surface area contributed by atoms with E-state index in [-0.39, 0.29) is 5.41 Å². The van der Waals surface area contributed by atoms with E-state index in [2.05, 4.69) is 32.6 Å². The lowest BCUT2D eigenvalue weighted by Crippen LogP contribution is -2.36. The van der Waals surface area contributed by atoms with E-state index in [1.165, 1.54) is 25.9 Å². The second-order valence-electron chi connectivity index (χ2n) is 7.90. The van der Waals surface area contributed by atoms with Gasteiger partial charge in [-0.2, -0.15) is 0 Å². The zero-order chi connectivity index (χ0) is 17.6. The van der Waals surface area contributed by atoms with E-state index in [0.29, 0.717) is 13.2 Å². The van der Waals surface area contributed by atoms with E-state index in [4.69, 9.17) is 21.1 Å². The first-order chi connectivity index (χ1) is 11.4. The second kappa shape index (κ2) is 9.07. The molecule has 1 fully saturated rings. The molecule has 0 aromatic heterocycles. The maximum atomic E-state index is 6.12. The summed E-state index contributed by atoms with van der Waals surface area (Å²) in [5, 5.41) is 0.749. The molecule has 4 heteroatoms. The van der Waals surface area contributed by atoms with Gasteiger partial charge in [-0.1, -0.05) is 39.3 Å². The fraction of sp³-hybridized carbons (Fsp3) is 0.700. The van der Waals surface area contributed by atoms with Gasteiger partial charge in [-0.05, 0) is 48.9 Å². The van der Waals surface area contributed by atoms with E-state index >= 15 is 0 Å². The standard InChI is InChI=1S/C20H32ClNO2/c1-16-6-5-9-22(15-16)10-11-23-12-13-24-19-8-7-17(21)14-18(19)20(2,3)4/h7-8,14,16H,5-6,9-13,15H2,1-4H3/t16-/m0/s1. The summed E-state index contributed by atoms with van der Waals surface area (Å²) < 4.78 is 11.7. The molecule has 1 aromatic carbocycles. The lowest BCUT2D eigenvalue weighted by atomic mass is 9.86. The Balaban J connectivity index is 1.69.